The summed E-state index contributed by atoms with van der Waals surface area (Å²) in [7, 11) is -5.78. The van der Waals surface area contributed by atoms with Gasteiger partial charge < -0.3 is 9.92 Å². The minimum atomic E-state index is -5.78. The second-order valence-corrected chi connectivity index (χ2v) is 5.18. The fourth-order valence-corrected chi connectivity index (χ4v) is 1.72. The van der Waals surface area contributed by atoms with Crippen LogP contribution in [-0.4, -0.2) is 19.8 Å². The van der Waals surface area contributed by atoms with Gasteiger partial charge in [0.1, 0.15) is 5.75 Å². The summed E-state index contributed by atoms with van der Waals surface area (Å²) in [6.45, 7) is 1.32. The highest BCUT2D eigenvalue weighted by molar-refractivity contribution is 7.88. The van der Waals surface area contributed by atoms with Crippen LogP contribution in [0.2, 0.25) is 0 Å². The number of alkyl halides is 3. The van der Waals surface area contributed by atoms with Gasteiger partial charge in [-0.15, -0.1) is 0 Å². The van der Waals surface area contributed by atoms with E-state index in [0.29, 0.717) is 0 Å². The number of rotatable bonds is 4. The van der Waals surface area contributed by atoms with Gasteiger partial charge in [0, 0.05) is 5.56 Å². The number of primary amides is 1. The first-order valence-electron chi connectivity index (χ1n) is 4.95. The molecule has 1 unspecified atom stereocenters. The fourth-order valence-electron chi connectivity index (χ4n) is 1.23. The van der Waals surface area contributed by atoms with Gasteiger partial charge in [-0.2, -0.15) is 21.6 Å². The summed E-state index contributed by atoms with van der Waals surface area (Å²) in [5.74, 6) is -2.38. The Morgan fingerprint density at radius 2 is 1.84 bits per heavy atom. The molecule has 106 valence electrons. The van der Waals surface area contributed by atoms with E-state index in [0.717, 1.165) is 6.07 Å². The van der Waals surface area contributed by atoms with Crippen molar-refractivity contribution in [2.24, 2.45) is 5.73 Å². The number of hydrogen-bond acceptors (Lipinski definition) is 4. The lowest BCUT2D eigenvalue weighted by Crippen LogP contribution is -2.29. The number of carbonyl (C=O) groups is 1. The standard InChI is InChI=1S/C10H10F3NO4S/c1-6(9(14)15)7-4-2-3-5-8(7)18-19(16,17)10(11,12)13/h2-6H,1H3,(H2,14,15). The molecule has 2 N–H and O–H groups in total. The molecule has 9 heteroatoms. The van der Waals surface area contributed by atoms with E-state index in [1.54, 1.807) is 0 Å². The lowest BCUT2D eigenvalue weighted by Gasteiger charge is -2.15. The third kappa shape index (κ3) is 3.37. The van der Waals surface area contributed by atoms with Gasteiger partial charge in [0.05, 0.1) is 5.92 Å². The maximum Gasteiger partial charge on any atom is 0.534 e. The van der Waals surface area contributed by atoms with Crippen LogP contribution in [0.3, 0.4) is 0 Å². The molecule has 0 fully saturated rings. The molecular formula is C10H10F3NO4S. The second-order valence-electron chi connectivity index (χ2n) is 3.65. The van der Waals surface area contributed by atoms with Gasteiger partial charge in [-0.25, -0.2) is 0 Å². The van der Waals surface area contributed by atoms with Crippen LogP contribution in [0.5, 0.6) is 5.75 Å². The highest BCUT2D eigenvalue weighted by Gasteiger charge is 2.48. The zero-order chi connectivity index (χ0) is 14.8. The minimum absolute atomic E-state index is 0.0391. The summed E-state index contributed by atoms with van der Waals surface area (Å²) in [5, 5.41) is 0. The van der Waals surface area contributed by atoms with Gasteiger partial charge >= 0.3 is 15.6 Å². The van der Waals surface area contributed by atoms with E-state index in [9.17, 15) is 26.4 Å². The van der Waals surface area contributed by atoms with Crippen molar-refractivity contribution in [3.05, 3.63) is 29.8 Å². The normalized spacial score (nSPS) is 13.9. The smallest absolute Gasteiger partial charge is 0.376 e. The molecule has 0 aromatic heterocycles. The quantitative estimate of drug-likeness (QED) is 0.674. The first-order valence-corrected chi connectivity index (χ1v) is 6.36. The lowest BCUT2D eigenvalue weighted by atomic mass is 10.00. The van der Waals surface area contributed by atoms with Crippen LogP contribution in [0, 0.1) is 0 Å². The van der Waals surface area contributed by atoms with Crippen molar-refractivity contribution in [1.82, 2.24) is 0 Å². The maximum atomic E-state index is 12.2. The van der Waals surface area contributed by atoms with Crippen LogP contribution in [0.15, 0.2) is 24.3 Å². The molecule has 0 spiro atoms. The fraction of sp³-hybridized carbons (Fsp3) is 0.300. The summed E-state index contributed by atoms with van der Waals surface area (Å²) >= 11 is 0. The molecule has 0 saturated carbocycles. The molecule has 0 radical (unpaired) electrons. The van der Waals surface area contributed by atoms with Gasteiger partial charge in [0.15, 0.2) is 0 Å². The zero-order valence-corrected chi connectivity index (χ0v) is 10.5. The molecule has 1 atom stereocenters. The molecule has 0 aliphatic heterocycles. The Morgan fingerprint density at radius 3 is 2.32 bits per heavy atom. The van der Waals surface area contributed by atoms with E-state index >= 15 is 0 Å². The Bertz CT molecular complexity index is 583. The molecular weight excluding hydrogens is 287 g/mol. The molecule has 0 aliphatic rings. The topological polar surface area (TPSA) is 86.5 Å². The van der Waals surface area contributed by atoms with Crippen LogP contribution in [0.1, 0.15) is 18.4 Å². The lowest BCUT2D eigenvalue weighted by molar-refractivity contribution is -0.119. The van der Waals surface area contributed by atoms with Gasteiger partial charge in [-0.1, -0.05) is 18.2 Å². The number of amides is 1. The molecule has 0 aliphatic carbocycles. The van der Waals surface area contributed by atoms with E-state index in [1.165, 1.54) is 25.1 Å². The molecule has 1 aromatic carbocycles. The summed E-state index contributed by atoms with van der Waals surface area (Å²) < 4.78 is 62.4. The highest BCUT2D eigenvalue weighted by atomic mass is 32.2. The van der Waals surface area contributed by atoms with Gasteiger partial charge in [-0.3, -0.25) is 4.79 Å². The average molecular weight is 297 g/mol. The van der Waals surface area contributed by atoms with E-state index in [4.69, 9.17) is 5.73 Å². The van der Waals surface area contributed by atoms with Crippen LogP contribution in [0.25, 0.3) is 0 Å². The number of hydrogen-bond donors (Lipinski definition) is 1. The van der Waals surface area contributed by atoms with E-state index < -0.39 is 33.2 Å². The predicted molar refractivity (Wildman–Crippen MR) is 59.7 cm³/mol. The highest BCUT2D eigenvalue weighted by Crippen LogP contribution is 2.31. The SMILES string of the molecule is CC(C(N)=O)c1ccccc1OS(=O)(=O)C(F)(F)F. The summed E-state index contributed by atoms with van der Waals surface area (Å²) in [5.41, 5.74) is -0.564. The largest absolute Gasteiger partial charge is 0.534 e. The van der Waals surface area contributed by atoms with Crippen molar-refractivity contribution in [2.45, 2.75) is 18.3 Å². The van der Waals surface area contributed by atoms with Gasteiger partial charge in [0.2, 0.25) is 5.91 Å². The number of halogens is 3. The average Bonchev–Trinajstić information content (AvgIpc) is 2.26. The molecule has 0 saturated heterocycles. The first kappa shape index (κ1) is 15.3. The van der Waals surface area contributed by atoms with Gasteiger partial charge in [-0.05, 0) is 13.0 Å². The van der Waals surface area contributed by atoms with Crippen molar-refractivity contribution >= 4 is 16.0 Å². The monoisotopic (exact) mass is 297 g/mol. The van der Waals surface area contributed by atoms with Crippen molar-refractivity contribution in [3.8, 4) is 5.75 Å². The van der Waals surface area contributed by atoms with E-state index in [1.807, 2.05) is 0 Å². The maximum absolute atomic E-state index is 12.2. The van der Waals surface area contributed by atoms with Crippen molar-refractivity contribution in [1.29, 1.82) is 0 Å². The zero-order valence-electron chi connectivity index (χ0n) is 9.64. The number of carbonyl (C=O) groups excluding carboxylic acids is 1. The van der Waals surface area contributed by atoms with Crippen LogP contribution in [0.4, 0.5) is 13.2 Å². The summed E-state index contributed by atoms with van der Waals surface area (Å²) in [4.78, 5) is 11.0. The number of nitrogens with two attached hydrogens (primary N) is 1. The minimum Gasteiger partial charge on any atom is -0.376 e. The molecule has 1 amide bonds. The summed E-state index contributed by atoms with van der Waals surface area (Å²) in [6.07, 6.45) is 0. The molecule has 5 nitrogen and oxygen atoms in total. The molecule has 1 rings (SSSR count). The Morgan fingerprint density at radius 1 is 1.32 bits per heavy atom. The third-order valence-electron chi connectivity index (χ3n) is 2.30. The Kier molecular flexibility index (Phi) is 4.09. The Labute approximate surface area is 107 Å². The third-order valence-corrected chi connectivity index (χ3v) is 3.26. The van der Waals surface area contributed by atoms with Crippen LogP contribution >= 0.6 is 0 Å². The van der Waals surface area contributed by atoms with E-state index in [-0.39, 0.29) is 5.56 Å². The van der Waals surface area contributed by atoms with Crippen LogP contribution < -0.4 is 9.92 Å². The van der Waals surface area contributed by atoms with E-state index in [2.05, 4.69) is 4.18 Å². The van der Waals surface area contributed by atoms with Crippen molar-refractivity contribution in [3.63, 3.8) is 0 Å². The Hall–Kier alpha value is -1.77. The molecule has 1 aromatic rings. The predicted octanol–water partition coefficient (Wildman–Crippen LogP) is 1.50. The number of para-hydroxylation sites is 1. The van der Waals surface area contributed by atoms with Crippen molar-refractivity contribution in [2.75, 3.05) is 0 Å². The van der Waals surface area contributed by atoms with Crippen LogP contribution in [-0.2, 0) is 14.9 Å². The van der Waals surface area contributed by atoms with Gasteiger partial charge in [0.25, 0.3) is 0 Å². The molecule has 0 bridgehead atoms. The number of benzene rings is 1. The molecule has 19 heavy (non-hydrogen) atoms. The molecule has 0 heterocycles. The van der Waals surface area contributed by atoms with Crippen molar-refractivity contribution < 1.29 is 30.6 Å². The first-order chi connectivity index (χ1) is 8.56. The Balaban J connectivity index is 3.20. The summed E-state index contributed by atoms with van der Waals surface area (Å²) in [6, 6.07) is 4.97. The second kappa shape index (κ2) is 5.08.